The normalized spacial score (nSPS) is 29.1. The molecule has 3 atom stereocenters. The van der Waals surface area contributed by atoms with E-state index in [-0.39, 0.29) is 11.8 Å². The fraction of sp³-hybridized carbons (Fsp3) is 0.778. The highest BCUT2D eigenvalue weighted by atomic mass is 32.2. The van der Waals surface area contributed by atoms with Crippen molar-refractivity contribution in [2.24, 2.45) is 4.99 Å². The standard InChI is InChI=1S/C9H9F7N2OS/c1-3(19)17-6-18-7(2,9(14,15)16)5(20-6)4(10)8(11,12)13/h4-5H,1-2H3,(H,17,18,19)/t4-,5?,7?/m1/s1. The minimum atomic E-state index is -5.45. The van der Waals surface area contributed by atoms with Crippen LogP contribution in [0.5, 0.6) is 0 Å². The summed E-state index contributed by atoms with van der Waals surface area (Å²) in [5.41, 5.74) is -3.27. The lowest BCUT2D eigenvalue weighted by atomic mass is 9.94. The number of rotatable bonds is 1. The van der Waals surface area contributed by atoms with Crippen molar-refractivity contribution < 1.29 is 35.5 Å². The van der Waals surface area contributed by atoms with Gasteiger partial charge in [-0.1, -0.05) is 11.8 Å². The van der Waals surface area contributed by atoms with E-state index in [4.69, 9.17) is 0 Å². The van der Waals surface area contributed by atoms with E-state index in [0.29, 0.717) is 6.92 Å². The molecule has 3 nitrogen and oxygen atoms in total. The van der Waals surface area contributed by atoms with Gasteiger partial charge in [-0.05, 0) is 6.92 Å². The molecular weight excluding hydrogens is 317 g/mol. The first-order valence-corrected chi connectivity index (χ1v) is 5.98. The first-order chi connectivity index (χ1) is 8.79. The third-order valence-electron chi connectivity index (χ3n) is 2.56. The monoisotopic (exact) mass is 326 g/mol. The van der Waals surface area contributed by atoms with Gasteiger partial charge in [0.25, 0.3) is 0 Å². The summed E-state index contributed by atoms with van der Waals surface area (Å²) in [6.45, 7) is 1.30. The number of hydrogen-bond acceptors (Lipinski definition) is 3. The van der Waals surface area contributed by atoms with Gasteiger partial charge in [0.1, 0.15) is 0 Å². The molecule has 0 aromatic heterocycles. The number of thioether (sulfide) groups is 1. The molecule has 0 saturated carbocycles. The zero-order valence-electron chi connectivity index (χ0n) is 10.1. The van der Waals surface area contributed by atoms with Crippen molar-refractivity contribution in [1.29, 1.82) is 0 Å². The van der Waals surface area contributed by atoms with Crippen LogP contribution in [0.25, 0.3) is 0 Å². The van der Waals surface area contributed by atoms with Gasteiger partial charge in [-0.25, -0.2) is 9.38 Å². The first-order valence-electron chi connectivity index (χ1n) is 5.10. The molecule has 0 aliphatic carbocycles. The van der Waals surface area contributed by atoms with Crippen LogP contribution in [-0.2, 0) is 4.79 Å². The Morgan fingerprint density at radius 1 is 1.35 bits per heavy atom. The van der Waals surface area contributed by atoms with Crippen LogP contribution in [0, 0.1) is 0 Å². The minimum absolute atomic E-state index is 0.0892. The number of hydrogen-bond donors (Lipinski definition) is 1. The summed E-state index contributed by atoms with van der Waals surface area (Å²) in [6.07, 6.45) is -14.4. The van der Waals surface area contributed by atoms with Crippen LogP contribution in [0.15, 0.2) is 4.99 Å². The van der Waals surface area contributed by atoms with Crippen molar-refractivity contribution in [2.75, 3.05) is 0 Å². The average Bonchev–Trinajstić information content (AvgIpc) is 2.52. The predicted molar refractivity (Wildman–Crippen MR) is 58.0 cm³/mol. The number of halogens is 7. The highest BCUT2D eigenvalue weighted by Crippen LogP contribution is 2.50. The minimum Gasteiger partial charge on any atom is -0.306 e. The van der Waals surface area contributed by atoms with E-state index < -0.39 is 40.4 Å². The predicted octanol–water partition coefficient (Wildman–Crippen LogP) is 2.82. The van der Waals surface area contributed by atoms with E-state index in [1.54, 1.807) is 0 Å². The zero-order chi connectivity index (χ0) is 15.9. The van der Waals surface area contributed by atoms with E-state index in [0.717, 1.165) is 6.92 Å². The van der Waals surface area contributed by atoms with E-state index in [9.17, 15) is 35.5 Å². The quantitative estimate of drug-likeness (QED) is 0.753. The summed E-state index contributed by atoms with van der Waals surface area (Å²) >= 11 is -0.0892. The lowest BCUT2D eigenvalue weighted by molar-refractivity contribution is -0.212. The molecule has 0 bridgehead atoms. The summed E-state index contributed by atoms with van der Waals surface area (Å²) < 4.78 is 89.0. The largest absolute Gasteiger partial charge is 0.420 e. The third kappa shape index (κ3) is 3.18. The van der Waals surface area contributed by atoms with Gasteiger partial charge in [0.05, 0.1) is 5.25 Å². The van der Waals surface area contributed by atoms with Crippen molar-refractivity contribution in [3.05, 3.63) is 0 Å². The maximum absolute atomic E-state index is 13.3. The van der Waals surface area contributed by atoms with Crippen LogP contribution < -0.4 is 5.32 Å². The molecule has 0 spiro atoms. The van der Waals surface area contributed by atoms with Crippen LogP contribution in [-0.4, -0.2) is 40.4 Å². The van der Waals surface area contributed by atoms with Crippen molar-refractivity contribution >= 4 is 22.8 Å². The molecule has 1 aliphatic heterocycles. The topological polar surface area (TPSA) is 41.5 Å². The van der Waals surface area contributed by atoms with Crippen molar-refractivity contribution in [2.45, 2.75) is 43.2 Å². The van der Waals surface area contributed by atoms with Gasteiger partial charge in [-0.2, -0.15) is 26.3 Å². The molecule has 0 radical (unpaired) electrons. The van der Waals surface area contributed by atoms with Crippen molar-refractivity contribution in [3.63, 3.8) is 0 Å². The van der Waals surface area contributed by atoms with Crippen LogP contribution in [0.2, 0.25) is 0 Å². The van der Waals surface area contributed by atoms with Gasteiger partial charge in [0.15, 0.2) is 10.7 Å². The van der Waals surface area contributed by atoms with Crippen LogP contribution in [0.4, 0.5) is 30.7 Å². The van der Waals surface area contributed by atoms with E-state index >= 15 is 0 Å². The van der Waals surface area contributed by atoms with Crippen molar-refractivity contribution in [3.8, 4) is 0 Å². The number of nitrogens with zero attached hydrogens (tertiary/aromatic N) is 1. The van der Waals surface area contributed by atoms with Gasteiger partial charge in [-0.15, -0.1) is 0 Å². The Hall–Kier alpha value is -1.00. The Bertz CT molecular complexity index is 433. The number of alkyl halides is 7. The second-order valence-electron chi connectivity index (χ2n) is 4.23. The molecule has 0 aromatic rings. The number of carbonyl (C=O) groups is 1. The Morgan fingerprint density at radius 2 is 1.85 bits per heavy atom. The van der Waals surface area contributed by atoms with Crippen LogP contribution in [0.3, 0.4) is 0 Å². The highest BCUT2D eigenvalue weighted by molar-refractivity contribution is 8.14. The molecule has 0 aromatic carbocycles. The fourth-order valence-electron chi connectivity index (χ4n) is 1.48. The number of aliphatic imine (C=N–C) groups is 1. The second kappa shape index (κ2) is 5.08. The Balaban J connectivity index is 3.17. The maximum Gasteiger partial charge on any atom is 0.420 e. The third-order valence-corrected chi connectivity index (χ3v) is 3.93. The lowest BCUT2D eigenvalue weighted by Gasteiger charge is -2.32. The van der Waals surface area contributed by atoms with Gasteiger partial charge in [-0.3, -0.25) is 4.79 Å². The van der Waals surface area contributed by atoms with E-state index in [2.05, 4.69) is 4.99 Å². The summed E-state index contributed by atoms with van der Waals surface area (Å²) in [6, 6.07) is 0. The zero-order valence-corrected chi connectivity index (χ0v) is 10.9. The molecule has 116 valence electrons. The molecule has 1 N–H and O–H groups in total. The number of nitrogens with one attached hydrogen (secondary N) is 1. The molecule has 20 heavy (non-hydrogen) atoms. The Labute approximate surface area is 113 Å². The maximum atomic E-state index is 13.3. The van der Waals surface area contributed by atoms with Crippen LogP contribution in [0.1, 0.15) is 13.8 Å². The van der Waals surface area contributed by atoms with Gasteiger partial charge < -0.3 is 5.32 Å². The fourth-order valence-corrected chi connectivity index (χ4v) is 2.86. The molecule has 1 rings (SSSR count). The van der Waals surface area contributed by atoms with Gasteiger partial charge in [0, 0.05) is 6.92 Å². The summed E-state index contributed by atoms with van der Waals surface area (Å²) in [4.78, 5) is 13.8. The van der Waals surface area contributed by atoms with E-state index in [1.807, 2.05) is 5.32 Å². The number of amidine groups is 1. The highest BCUT2D eigenvalue weighted by Gasteiger charge is 2.66. The second-order valence-corrected chi connectivity index (χ2v) is 5.36. The smallest absolute Gasteiger partial charge is 0.306 e. The molecule has 1 heterocycles. The van der Waals surface area contributed by atoms with Crippen molar-refractivity contribution in [1.82, 2.24) is 5.32 Å². The molecular formula is C9H9F7N2OS. The van der Waals surface area contributed by atoms with Gasteiger partial charge in [0.2, 0.25) is 12.1 Å². The summed E-state index contributed by atoms with van der Waals surface area (Å²) in [7, 11) is 0. The summed E-state index contributed by atoms with van der Waals surface area (Å²) in [5.74, 6) is -0.816. The lowest BCUT2D eigenvalue weighted by Crippen LogP contribution is -2.53. The molecule has 1 amide bonds. The summed E-state index contributed by atoms with van der Waals surface area (Å²) in [5, 5.41) is -1.39. The first kappa shape index (κ1) is 17.1. The van der Waals surface area contributed by atoms with Gasteiger partial charge >= 0.3 is 12.4 Å². The number of amides is 1. The number of carbonyl (C=O) groups excluding carboxylic acids is 1. The van der Waals surface area contributed by atoms with Crippen LogP contribution >= 0.6 is 11.8 Å². The Morgan fingerprint density at radius 3 is 2.20 bits per heavy atom. The SMILES string of the molecule is CC(=O)NC1=NC(C)(C(F)(F)F)C([C@@H](F)C(F)(F)F)S1. The Kier molecular flexibility index (Phi) is 4.33. The molecule has 0 fully saturated rings. The molecule has 2 unspecified atom stereocenters. The van der Waals surface area contributed by atoms with E-state index in [1.165, 1.54) is 0 Å². The average molecular weight is 326 g/mol. The molecule has 0 saturated heterocycles. The molecule has 1 aliphatic rings. The molecule has 11 heteroatoms.